The van der Waals surface area contributed by atoms with E-state index in [0.717, 1.165) is 25.6 Å². The Kier molecular flexibility index (Phi) is 3.43. The van der Waals surface area contributed by atoms with E-state index in [1.807, 2.05) is 0 Å². The Bertz CT molecular complexity index is 410. The van der Waals surface area contributed by atoms with Crippen LogP contribution < -0.4 is 10.6 Å². The van der Waals surface area contributed by atoms with Gasteiger partial charge in [0.2, 0.25) is 0 Å². The van der Waals surface area contributed by atoms with Crippen molar-refractivity contribution in [3.05, 3.63) is 5.56 Å². The van der Waals surface area contributed by atoms with Crippen LogP contribution in [0.5, 0.6) is 0 Å². The van der Waals surface area contributed by atoms with Crippen molar-refractivity contribution < 1.29 is 4.74 Å². The molecule has 1 saturated heterocycles. The largest absolute Gasteiger partial charge is 0.383 e. The monoisotopic (exact) mass is 267 g/mol. The number of anilines is 2. The van der Waals surface area contributed by atoms with Crippen molar-refractivity contribution in [2.45, 2.75) is 31.6 Å². The summed E-state index contributed by atoms with van der Waals surface area (Å²) >= 11 is 1.55. The summed E-state index contributed by atoms with van der Waals surface area (Å²) in [5, 5.41) is 1.28. The Balaban J connectivity index is 1.69. The van der Waals surface area contributed by atoms with E-state index in [-0.39, 0.29) is 0 Å². The molecule has 5 heteroatoms. The lowest BCUT2D eigenvalue weighted by atomic mass is 10.0. The topological polar surface area (TPSA) is 51.4 Å². The molecule has 0 spiro atoms. The van der Waals surface area contributed by atoms with E-state index in [1.165, 1.54) is 36.2 Å². The summed E-state index contributed by atoms with van der Waals surface area (Å²) in [6.07, 6.45) is 5.02. The molecule has 1 aromatic heterocycles. The molecule has 2 fully saturated rings. The lowest BCUT2D eigenvalue weighted by Gasteiger charge is -2.28. The van der Waals surface area contributed by atoms with Crippen LogP contribution in [0.3, 0.4) is 0 Å². The third-order valence-corrected chi connectivity index (χ3v) is 4.85. The maximum absolute atomic E-state index is 6.00. The molecule has 1 unspecified atom stereocenters. The summed E-state index contributed by atoms with van der Waals surface area (Å²) in [6, 6.07) is 0. The molecule has 1 aliphatic heterocycles. The summed E-state index contributed by atoms with van der Waals surface area (Å²) in [6.45, 7) is 2.89. The van der Waals surface area contributed by atoms with Crippen LogP contribution in [0.25, 0.3) is 0 Å². The van der Waals surface area contributed by atoms with Gasteiger partial charge in [-0.1, -0.05) is 0 Å². The molecule has 0 amide bonds. The Labute approximate surface area is 112 Å². The Morgan fingerprint density at radius 2 is 2.28 bits per heavy atom. The normalized spacial score (nSPS) is 24.2. The van der Waals surface area contributed by atoms with Crippen molar-refractivity contribution in [3.63, 3.8) is 0 Å². The average Bonchev–Trinajstić information content (AvgIpc) is 3.13. The van der Waals surface area contributed by atoms with Crippen LogP contribution in [0.2, 0.25) is 0 Å². The highest BCUT2D eigenvalue weighted by molar-refractivity contribution is 7.10. The second-order valence-electron chi connectivity index (χ2n) is 5.52. The zero-order chi connectivity index (χ0) is 12.5. The summed E-state index contributed by atoms with van der Waals surface area (Å²) < 4.78 is 9.89. The smallest absolute Gasteiger partial charge is 0.142 e. The third-order valence-electron chi connectivity index (χ3n) is 3.86. The zero-order valence-electron chi connectivity index (χ0n) is 10.9. The first-order valence-corrected chi connectivity index (χ1v) is 7.57. The van der Waals surface area contributed by atoms with Gasteiger partial charge in [0.1, 0.15) is 10.8 Å². The molecule has 2 heterocycles. The Morgan fingerprint density at radius 1 is 1.44 bits per heavy atom. The summed E-state index contributed by atoms with van der Waals surface area (Å²) in [4.78, 5) is 2.33. The van der Waals surface area contributed by atoms with Crippen molar-refractivity contribution in [1.82, 2.24) is 4.37 Å². The van der Waals surface area contributed by atoms with Crippen LogP contribution in [0.1, 0.15) is 37.2 Å². The maximum atomic E-state index is 6.00. The van der Waals surface area contributed by atoms with Crippen LogP contribution in [0, 0.1) is 5.92 Å². The van der Waals surface area contributed by atoms with Gasteiger partial charge in [-0.3, -0.25) is 0 Å². The molecule has 3 rings (SSSR count). The third kappa shape index (κ3) is 2.47. The molecule has 0 aromatic carbocycles. The Morgan fingerprint density at radius 3 is 2.94 bits per heavy atom. The first kappa shape index (κ1) is 12.2. The quantitative estimate of drug-likeness (QED) is 0.910. The number of aromatic nitrogens is 1. The maximum Gasteiger partial charge on any atom is 0.142 e. The lowest BCUT2D eigenvalue weighted by Crippen LogP contribution is -2.30. The summed E-state index contributed by atoms with van der Waals surface area (Å²) in [5.41, 5.74) is 7.31. The van der Waals surface area contributed by atoms with E-state index in [4.69, 9.17) is 10.5 Å². The zero-order valence-corrected chi connectivity index (χ0v) is 11.7. The van der Waals surface area contributed by atoms with Crippen molar-refractivity contribution in [3.8, 4) is 0 Å². The SMILES string of the molecule is CN(CC1CCCOC1)c1snc(N)c1C1CC1. The van der Waals surface area contributed by atoms with Crippen LogP contribution in [-0.2, 0) is 4.74 Å². The van der Waals surface area contributed by atoms with Crippen LogP contribution in [-0.4, -0.2) is 31.2 Å². The fraction of sp³-hybridized carbons (Fsp3) is 0.769. The number of nitrogen functional groups attached to an aromatic ring is 1. The second kappa shape index (κ2) is 5.05. The van der Waals surface area contributed by atoms with Gasteiger partial charge < -0.3 is 15.4 Å². The molecule has 1 aliphatic carbocycles. The van der Waals surface area contributed by atoms with Crippen LogP contribution in [0.15, 0.2) is 0 Å². The average molecular weight is 267 g/mol. The molecule has 4 nitrogen and oxygen atoms in total. The predicted octanol–water partition coefficient (Wildman–Crippen LogP) is 2.47. The van der Waals surface area contributed by atoms with E-state index < -0.39 is 0 Å². The minimum Gasteiger partial charge on any atom is -0.383 e. The standard InChI is InChI=1S/C13H21N3OS/c1-16(7-9-3-2-6-17-8-9)13-11(10-4-5-10)12(14)15-18-13/h9-10H,2-8H2,1H3,(H2,14,15). The molecule has 0 radical (unpaired) electrons. The molecule has 1 aromatic rings. The van der Waals surface area contributed by atoms with E-state index in [2.05, 4.69) is 16.3 Å². The lowest BCUT2D eigenvalue weighted by molar-refractivity contribution is 0.0577. The molecule has 2 N–H and O–H groups in total. The number of ether oxygens (including phenoxy) is 1. The number of nitrogens with zero attached hydrogens (tertiary/aromatic N) is 2. The fourth-order valence-corrected chi connectivity index (χ4v) is 3.62. The van der Waals surface area contributed by atoms with Gasteiger partial charge in [-0.25, -0.2) is 0 Å². The fourth-order valence-electron chi connectivity index (χ4n) is 2.75. The highest BCUT2D eigenvalue weighted by Gasteiger charge is 2.32. The summed E-state index contributed by atoms with van der Waals surface area (Å²) in [5.74, 6) is 2.08. The molecule has 2 aliphatic rings. The van der Waals surface area contributed by atoms with Gasteiger partial charge >= 0.3 is 0 Å². The Hall–Kier alpha value is -0.810. The van der Waals surface area contributed by atoms with Gasteiger partial charge in [0.15, 0.2) is 0 Å². The van der Waals surface area contributed by atoms with E-state index in [9.17, 15) is 0 Å². The highest BCUT2D eigenvalue weighted by Crippen LogP contribution is 2.48. The molecule has 18 heavy (non-hydrogen) atoms. The predicted molar refractivity (Wildman–Crippen MR) is 75.3 cm³/mol. The number of hydrogen-bond acceptors (Lipinski definition) is 5. The van der Waals surface area contributed by atoms with Crippen molar-refractivity contribution in [2.24, 2.45) is 5.92 Å². The summed E-state index contributed by atoms with van der Waals surface area (Å²) in [7, 11) is 2.16. The van der Waals surface area contributed by atoms with E-state index >= 15 is 0 Å². The highest BCUT2D eigenvalue weighted by atomic mass is 32.1. The van der Waals surface area contributed by atoms with Gasteiger partial charge in [0, 0.05) is 25.8 Å². The van der Waals surface area contributed by atoms with Gasteiger partial charge in [-0.2, -0.15) is 4.37 Å². The molecule has 0 bridgehead atoms. The van der Waals surface area contributed by atoms with E-state index in [1.54, 1.807) is 11.5 Å². The van der Waals surface area contributed by atoms with Gasteiger partial charge in [-0.15, -0.1) is 0 Å². The molecule has 1 atom stereocenters. The van der Waals surface area contributed by atoms with Crippen molar-refractivity contribution in [2.75, 3.05) is 37.4 Å². The minimum atomic E-state index is 0.652. The van der Waals surface area contributed by atoms with Gasteiger partial charge in [-0.05, 0) is 49.1 Å². The molecular formula is C13H21N3OS. The number of nitrogens with two attached hydrogens (primary N) is 1. The van der Waals surface area contributed by atoms with Gasteiger partial charge in [0.05, 0.1) is 6.61 Å². The first-order valence-electron chi connectivity index (χ1n) is 6.79. The van der Waals surface area contributed by atoms with Crippen LogP contribution in [0.4, 0.5) is 10.8 Å². The molecule has 100 valence electrons. The van der Waals surface area contributed by atoms with Crippen molar-refractivity contribution >= 4 is 22.4 Å². The van der Waals surface area contributed by atoms with Crippen molar-refractivity contribution in [1.29, 1.82) is 0 Å². The van der Waals surface area contributed by atoms with E-state index in [0.29, 0.717) is 11.8 Å². The first-order chi connectivity index (χ1) is 8.75. The second-order valence-corrected chi connectivity index (χ2v) is 6.28. The number of rotatable bonds is 4. The van der Waals surface area contributed by atoms with Crippen LogP contribution >= 0.6 is 11.5 Å². The molecular weight excluding hydrogens is 246 g/mol. The number of hydrogen-bond donors (Lipinski definition) is 1. The molecule has 1 saturated carbocycles. The van der Waals surface area contributed by atoms with Gasteiger partial charge in [0.25, 0.3) is 0 Å². The minimum absolute atomic E-state index is 0.652.